The van der Waals surface area contributed by atoms with Crippen LogP contribution in [0.4, 0.5) is 0 Å². The van der Waals surface area contributed by atoms with Gasteiger partial charge in [-0.15, -0.1) is 12.6 Å². The second kappa shape index (κ2) is 5.18. The summed E-state index contributed by atoms with van der Waals surface area (Å²) < 4.78 is 5.19. The van der Waals surface area contributed by atoms with E-state index in [9.17, 15) is 0 Å². The third-order valence-corrected chi connectivity index (χ3v) is 2.61. The van der Waals surface area contributed by atoms with Gasteiger partial charge < -0.3 is 4.74 Å². The van der Waals surface area contributed by atoms with Crippen LogP contribution in [-0.4, -0.2) is 7.11 Å². The maximum atomic E-state index is 5.19. The fourth-order valence-corrected chi connectivity index (χ4v) is 1.65. The van der Waals surface area contributed by atoms with Gasteiger partial charge in [-0.25, -0.2) is 0 Å². The summed E-state index contributed by atoms with van der Waals surface area (Å²) in [6, 6.07) is 6.07. The maximum absolute atomic E-state index is 5.19. The molecule has 0 aromatic heterocycles. The zero-order chi connectivity index (χ0) is 9.68. The zero-order valence-electron chi connectivity index (χ0n) is 8.21. The highest BCUT2D eigenvalue weighted by atomic mass is 32.1. The molecular formula is C11H16OS. The average molecular weight is 196 g/mol. The van der Waals surface area contributed by atoms with Crippen LogP contribution in [0.3, 0.4) is 0 Å². The molecule has 0 saturated carbocycles. The van der Waals surface area contributed by atoms with Gasteiger partial charge in [0.15, 0.2) is 0 Å². The highest BCUT2D eigenvalue weighted by molar-refractivity contribution is 7.80. The van der Waals surface area contributed by atoms with E-state index in [-0.39, 0.29) is 0 Å². The standard InChI is InChI=1S/C11H16OS/c1-3-4-6-9-7-5-8-10(12-2)11(9)13/h5,7-8,13H,3-4,6H2,1-2H3. The summed E-state index contributed by atoms with van der Waals surface area (Å²) in [5.41, 5.74) is 1.28. The molecule has 0 fully saturated rings. The molecule has 1 aromatic rings. The lowest BCUT2D eigenvalue weighted by Crippen LogP contribution is -1.91. The van der Waals surface area contributed by atoms with Crippen molar-refractivity contribution in [2.75, 3.05) is 7.11 Å². The lowest BCUT2D eigenvalue weighted by molar-refractivity contribution is 0.404. The van der Waals surface area contributed by atoms with Gasteiger partial charge in [0.05, 0.1) is 7.11 Å². The minimum atomic E-state index is 0.872. The van der Waals surface area contributed by atoms with Gasteiger partial charge in [-0.1, -0.05) is 25.5 Å². The smallest absolute Gasteiger partial charge is 0.132 e. The number of benzene rings is 1. The molecule has 0 atom stereocenters. The van der Waals surface area contributed by atoms with Gasteiger partial charge in [0, 0.05) is 4.90 Å². The zero-order valence-corrected chi connectivity index (χ0v) is 9.10. The van der Waals surface area contributed by atoms with Gasteiger partial charge in [-0.2, -0.15) is 0 Å². The van der Waals surface area contributed by atoms with Crippen LogP contribution >= 0.6 is 12.6 Å². The molecule has 0 aliphatic heterocycles. The quantitative estimate of drug-likeness (QED) is 0.727. The Hall–Kier alpha value is -0.630. The van der Waals surface area contributed by atoms with E-state index in [0.29, 0.717) is 0 Å². The van der Waals surface area contributed by atoms with E-state index in [1.54, 1.807) is 7.11 Å². The lowest BCUT2D eigenvalue weighted by Gasteiger charge is -2.08. The highest BCUT2D eigenvalue weighted by Gasteiger charge is 2.03. The number of hydrogen-bond donors (Lipinski definition) is 1. The number of thiol groups is 1. The molecule has 0 bridgehead atoms. The Kier molecular flexibility index (Phi) is 4.16. The van der Waals surface area contributed by atoms with Gasteiger partial charge in [0.25, 0.3) is 0 Å². The first-order valence-electron chi connectivity index (χ1n) is 4.64. The van der Waals surface area contributed by atoms with Crippen molar-refractivity contribution in [3.63, 3.8) is 0 Å². The van der Waals surface area contributed by atoms with Crippen LogP contribution in [0.1, 0.15) is 25.3 Å². The van der Waals surface area contributed by atoms with Crippen molar-refractivity contribution in [2.45, 2.75) is 31.1 Å². The first-order valence-corrected chi connectivity index (χ1v) is 5.09. The number of hydrogen-bond acceptors (Lipinski definition) is 2. The molecule has 1 nitrogen and oxygen atoms in total. The highest BCUT2D eigenvalue weighted by Crippen LogP contribution is 2.26. The largest absolute Gasteiger partial charge is 0.496 e. The number of rotatable bonds is 4. The van der Waals surface area contributed by atoms with Gasteiger partial charge in [-0.05, 0) is 24.5 Å². The summed E-state index contributed by atoms with van der Waals surface area (Å²) in [6.07, 6.45) is 3.51. The Labute approximate surface area is 85.5 Å². The monoisotopic (exact) mass is 196 g/mol. The molecule has 0 aliphatic rings. The van der Waals surface area contributed by atoms with E-state index in [1.807, 2.05) is 12.1 Å². The molecule has 1 rings (SSSR count). The first kappa shape index (κ1) is 10.5. The molecule has 0 saturated heterocycles. The summed E-state index contributed by atoms with van der Waals surface area (Å²) in [4.78, 5) is 0.985. The van der Waals surface area contributed by atoms with E-state index >= 15 is 0 Å². The van der Waals surface area contributed by atoms with Gasteiger partial charge in [0.1, 0.15) is 5.75 Å². The fourth-order valence-electron chi connectivity index (χ4n) is 1.30. The molecule has 0 N–H and O–H groups in total. The van der Waals surface area contributed by atoms with Crippen molar-refractivity contribution in [3.8, 4) is 5.75 Å². The van der Waals surface area contributed by atoms with Crippen LogP contribution < -0.4 is 4.74 Å². The summed E-state index contributed by atoms with van der Waals surface area (Å²) in [5, 5.41) is 0. The summed E-state index contributed by atoms with van der Waals surface area (Å²) in [6.45, 7) is 2.19. The molecular weight excluding hydrogens is 180 g/mol. The second-order valence-electron chi connectivity index (χ2n) is 3.07. The van der Waals surface area contributed by atoms with Crippen LogP contribution in [0.5, 0.6) is 5.75 Å². The van der Waals surface area contributed by atoms with Gasteiger partial charge in [-0.3, -0.25) is 0 Å². The number of ether oxygens (including phenoxy) is 1. The molecule has 0 spiro atoms. The van der Waals surface area contributed by atoms with Gasteiger partial charge >= 0.3 is 0 Å². The second-order valence-corrected chi connectivity index (χ2v) is 3.52. The molecule has 0 unspecified atom stereocenters. The Bertz CT molecular complexity index is 271. The lowest BCUT2D eigenvalue weighted by atomic mass is 10.1. The normalized spacial score (nSPS) is 10.1. The Morgan fingerprint density at radius 1 is 1.38 bits per heavy atom. The van der Waals surface area contributed by atoms with E-state index in [0.717, 1.165) is 17.1 Å². The third-order valence-electron chi connectivity index (χ3n) is 2.10. The topological polar surface area (TPSA) is 9.23 Å². The van der Waals surface area contributed by atoms with E-state index < -0.39 is 0 Å². The van der Waals surface area contributed by atoms with Crippen molar-refractivity contribution >= 4 is 12.6 Å². The first-order chi connectivity index (χ1) is 6.29. The molecule has 0 heterocycles. The van der Waals surface area contributed by atoms with Crippen molar-refractivity contribution in [1.29, 1.82) is 0 Å². The minimum absolute atomic E-state index is 0.872. The molecule has 72 valence electrons. The van der Waals surface area contributed by atoms with Gasteiger partial charge in [0.2, 0.25) is 0 Å². The summed E-state index contributed by atoms with van der Waals surface area (Å²) in [5.74, 6) is 0.872. The minimum Gasteiger partial charge on any atom is -0.496 e. The number of methoxy groups -OCH3 is 1. The maximum Gasteiger partial charge on any atom is 0.132 e. The Morgan fingerprint density at radius 3 is 2.77 bits per heavy atom. The Morgan fingerprint density at radius 2 is 2.15 bits per heavy atom. The summed E-state index contributed by atoms with van der Waals surface area (Å²) >= 11 is 4.44. The van der Waals surface area contributed by atoms with Crippen LogP contribution in [0.2, 0.25) is 0 Å². The average Bonchev–Trinajstić information content (AvgIpc) is 2.16. The van der Waals surface area contributed by atoms with Crippen molar-refractivity contribution in [2.24, 2.45) is 0 Å². The summed E-state index contributed by atoms with van der Waals surface area (Å²) in [7, 11) is 1.68. The molecule has 13 heavy (non-hydrogen) atoms. The van der Waals surface area contributed by atoms with Crippen molar-refractivity contribution in [3.05, 3.63) is 23.8 Å². The fraction of sp³-hybridized carbons (Fsp3) is 0.455. The van der Waals surface area contributed by atoms with E-state index in [1.165, 1.54) is 18.4 Å². The third kappa shape index (κ3) is 2.66. The molecule has 0 amide bonds. The molecule has 2 heteroatoms. The molecule has 1 aromatic carbocycles. The van der Waals surface area contributed by atoms with Crippen LogP contribution in [0, 0.1) is 0 Å². The van der Waals surface area contributed by atoms with Crippen LogP contribution in [0.25, 0.3) is 0 Å². The number of aryl methyl sites for hydroxylation is 1. The van der Waals surface area contributed by atoms with E-state index in [2.05, 4.69) is 25.6 Å². The SMILES string of the molecule is CCCCc1cccc(OC)c1S. The van der Waals surface area contributed by atoms with Crippen molar-refractivity contribution in [1.82, 2.24) is 0 Å². The molecule has 0 radical (unpaired) electrons. The van der Waals surface area contributed by atoms with E-state index in [4.69, 9.17) is 4.74 Å². The van der Waals surface area contributed by atoms with Crippen LogP contribution in [-0.2, 0) is 6.42 Å². The molecule has 0 aliphatic carbocycles. The predicted octanol–water partition coefficient (Wildman–Crippen LogP) is 3.33. The predicted molar refractivity (Wildman–Crippen MR) is 58.9 cm³/mol. The van der Waals surface area contributed by atoms with Crippen molar-refractivity contribution < 1.29 is 4.74 Å². The van der Waals surface area contributed by atoms with Crippen LogP contribution in [0.15, 0.2) is 23.1 Å². The number of unbranched alkanes of at least 4 members (excludes halogenated alkanes) is 1. The Balaban J connectivity index is 2.81.